The van der Waals surface area contributed by atoms with Crippen LogP contribution in [0.15, 0.2) is 41.0 Å². The highest BCUT2D eigenvalue weighted by atomic mass is 19.2. The molecule has 0 bridgehead atoms. The lowest BCUT2D eigenvalue weighted by molar-refractivity contribution is -0.139. The van der Waals surface area contributed by atoms with Gasteiger partial charge in [0.1, 0.15) is 29.8 Å². The molecule has 1 atom stereocenters. The highest BCUT2D eigenvalue weighted by Crippen LogP contribution is 2.41. The minimum Gasteiger partial charge on any atom is -0.496 e. The molecule has 2 N–H and O–H groups in total. The van der Waals surface area contributed by atoms with E-state index in [1.54, 1.807) is 6.92 Å². The summed E-state index contributed by atoms with van der Waals surface area (Å²) in [5, 5.41) is 9.69. The number of allylic oxidation sites excluding steroid dienone is 2. The van der Waals surface area contributed by atoms with E-state index in [0.29, 0.717) is 0 Å². The molecule has 2 aromatic carbocycles. The zero-order chi connectivity index (χ0) is 26.7. The Morgan fingerprint density at radius 2 is 1.72 bits per heavy atom. The number of hydrogen-bond acceptors (Lipinski definition) is 7. The van der Waals surface area contributed by atoms with Crippen LogP contribution >= 0.6 is 0 Å². The van der Waals surface area contributed by atoms with E-state index < -0.39 is 53.3 Å². The molecule has 0 saturated carbocycles. The molecule has 7 nitrogen and oxygen atoms in total. The fourth-order valence-corrected chi connectivity index (χ4v) is 3.64. The van der Waals surface area contributed by atoms with Gasteiger partial charge in [-0.05, 0) is 31.5 Å². The fraction of sp³-hybridized carbons (Fsp3) is 0.250. The fourth-order valence-electron chi connectivity index (χ4n) is 3.64. The third-order valence-electron chi connectivity index (χ3n) is 5.28. The van der Waals surface area contributed by atoms with Crippen LogP contribution in [0.25, 0.3) is 0 Å². The minimum absolute atomic E-state index is 0.0144. The highest BCUT2D eigenvalue weighted by Gasteiger charge is 2.36. The summed E-state index contributed by atoms with van der Waals surface area (Å²) in [6.07, 6.45) is 0. The molecule has 0 amide bonds. The first kappa shape index (κ1) is 26.3. The Bertz CT molecular complexity index is 1300. The van der Waals surface area contributed by atoms with E-state index in [4.69, 9.17) is 24.7 Å². The predicted molar refractivity (Wildman–Crippen MR) is 114 cm³/mol. The van der Waals surface area contributed by atoms with Crippen molar-refractivity contribution in [1.82, 2.24) is 0 Å². The van der Waals surface area contributed by atoms with Crippen molar-refractivity contribution in [2.75, 3.05) is 13.7 Å². The molecule has 190 valence electrons. The molecule has 0 fully saturated rings. The highest BCUT2D eigenvalue weighted by molar-refractivity contribution is 5.92. The van der Waals surface area contributed by atoms with Crippen molar-refractivity contribution >= 4 is 5.97 Å². The summed E-state index contributed by atoms with van der Waals surface area (Å²) in [6.45, 7) is 2.38. The first-order valence-corrected chi connectivity index (χ1v) is 10.3. The van der Waals surface area contributed by atoms with Crippen LogP contribution in [0.5, 0.6) is 11.5 Å². The second kappa shape index (κ2) is 10.6. The number of carbonyl (C=O) groups excluding carboxylic acids is 1. The largest absolute Gasteiger partial charge is 0.496 e. The lowest BCUT2D eigenvalue weighted by Gasteiger charge is -2.27. The van der Waals surface area contributed by atoms with E-state index in [-0.39, 0.29) is 46.3 Å². The first-order valence-electron chi connectivity index (χ1n) is 10.3. The number of benzene rings is 2. The monoisotopic (exact) mass is 510 g/mol. The Hall–Kier alpha value is -4.27. The van der Waals surface area contributed by atoms with Crippen molar-refractivity contribution in [3.63, 3.8) is 0 Å². The Morgan fingerprint density at radius 3 is 2.28 bits per heavy atom. The van der Waals surface area contributed by atoms with Crippen molar-refractivity contribution < 1.29 is 45.7 Å². The molecule has 1 aliphatic heterocycles. The molecule has 0 saturated heterocycles. The number of methoxy groups -OCH3 is 1. The molecule has 12 heteroatoms. The van der Waals surface area contributed by atoms with Gasteiger partial charge < -0.3 is 24.7 Å². The van der Waals surface area contributed by atoms with Crippen molar-refractivity contribution in [3.05, 3.63) is 81.2 Å². The zero-order valence-electron chi connectivity index (χ0n) is 19.2. The van der Waals surface area contributed by atoms with Crippen LogP contribution in [0.2, 0.25) is 0 Å². The molecule has 1 heterocycles. The molecule has 1 aliphatic rings. The Balaban J connectivity index is 2.08. The standard InChI is InChI=1S/C24H19F5N2O5/c1-4-34-24(32)15-10(2)36-23(31)13(8-30)16(15)11-5-6-14(33-3)12(7-11)9-35-22-20(28)18(26)17(25)19(27)21(22)29/h5-7,16H,4,9,31H2,1-3H3. The molecular formula is C24H19F5N2O5. The summed E-state index contributed by atoms with van der Waals surface area (Å²) in [4.78, 5) is 12.7. The van der Waals surface area contributed by atoms with E-state index in [1.165, 1.54) is 32.2 Å². The van der Waals surface area contributed by atoms with Gasteiger partial charge in [-0.15, -0.1) is 0 Å². The number of nitriles is 1. The summed E-state index contributed by atoms with van der Waals surface area (Å²) in [5.41, 5.74) is 6.12. The van der Waals surface area contributed by atoms with Crippen LogP contribution in [0.3, 0.4) is 0 Å². The van der Waals surface area contributed by atoms with E-state index in [0.717, 1.165) is 0 Å². The van der Waals surface area contributed by atoms with Crippen LogP contribution in [0.4, 0.5) is 22.0 Å². The molecule has 36 heavy (non-hydrogen) atoms. The molecular weight excluding hydrogens is 491 g/mol. The molecule has 1 unspecified atom stereocenters. The van der Waals surface area contributed by atoms with Crippen LogP contribution in [0.1, 0.15) is 30.9 Å². The van der Waals surface area contributed by atoms with E-state index in [9.17, 15) is 32.0 Å². The zero-order valence-corrected chi connectivity index (χ0v) is 19.2. The van der Waals surface area contributed by atoms with Gasteiger partial charge in [0.2, 0.25) is 35.0 Å². The summed E-state index contributed by atoms with van der Waals surface area (Å²) >= 11 is 0. The number of esters is 1. The number of hydrogen-bond donors (Lipinski definition) is 1. The molecule has 2 aromatic rings. The second-order valence-electron chi connectivity index (χ2n) is 7.37. The summed E-state index contributed by atoms with van der Waals surface area (Å²) in [6, 6.07) is 6.17. The average Bonchev–Trinajstić information content (AvgIpc) is 2.85. The molecule has 3 rings (SSSR count). The maximum atomic E-state index is 14.0. The Morgan fingerprint density at radius 1 is 1.11 bits per heavy atom. The van der Waals surface area contributed by atoms with Crippen LogP contribution in [-0.2, 0) is 20.9 Å². The van der Waals surface area contributed by atoms with Crippen LogP contribution in [0, 0.1) is 40.4 Å². The maximum absolute atomic E-state index is 14.0. The van der Waals surface area contributed by atoms with Gasteiger partial charge in [0.05, 0.1) is 25.2 Å². The van der Waals surface area contributed by atoms with Gasteiger partial charge in [-0.3, -0.25) is 0 Å². The van der Waals surface area contributed by atoms with Crippen LogP contribution in [-0.4, -0.2) is 19.7 Å². The van der Waals surface area contributed by atoms with Gasteiger partial charge in [-0.2, -0.15) is 14.0 Å². The normalized spacial score (nSPS) is 15.4. The van der Waals surface area contributed by atoms with Crippen molar-refractivity contribution in [2.45, 2.75) is 26.4 Å². The van der Waals surface area contributed by atoms with Gasteiger partial charge >= 0.3 is 5.97 Å². The minimum atomic E-state index is -2.32. The molecule has 0 aromatic heterocycles. The first-order chi connectivity index (χ1) is 17.1. The maximum Gasteiger partial charge on any atom is 0.338 e. The van der Waals surface area contributed by atoms with Gasteiger partial charge in [-0.25, -0.2) is 18.0 Å². The third kappa shape index (κ3) is 4.64. The number of halogens is 5. The van der Waals surface area contributed by atoms with Gasteiger partial charge in [0.15, 0.2) is 5.75 Å². The summed E-state index contributed by atoms with van der Waals surface area (Å²) in [7, 11) is 1.28. The van der Waals surface area contributed by atoms with E-state index in [1.807, 2.05) is 6.07 Å². The SMILES string of the molecule is CCOC(=O)C1=C(C)OC(N)=C(C#N)C1c1ccc(OC)c(COc2c(F)c(F)c(F)c(F)c2F)c1. The smallest absolute Gasteiger partial charge is 0.338 e. The van der Waals surface area contributed by atoms with Crippen LogP contribution < -0.4 is 15.2 Å². The third-order valence-corrected chi connectivity index (χ3v) is 5.28. The Labute approximate surface area is 202 Å². The van der Waals surface area contributed by atoms with Gasteiger partial charge in [-0.1, -0.05) is 6.07 Å². The van der Waals surface area contributed by atoms with E-state index >= 15 is 0 Å². The lowest BCUT2D eigenvalue weighted by Crippen LogP contribution is -2.25. The van der Waals surface area contributed by atoms with Gasteiger partial charge in [0, 0.05) is 5.56 Å². The average molecular weight is 510 g/mol. The number of ether oxygens (including phenoxy) is 4. The Kier molecular flexibility index (Phi) is 7.72. The molecule has 0 aliphatic carbocycles. The molecule has 0 spiro atoms. The number of rotatable bonds is 7. The quantitative estimate of drug-likeness (QED) is 0.251. The van der Waals surface area contributed by atoms with Gasteiger partial charge in [0.25, 0.3) is 0 Å². The number of carbonyl (C=O) groups is 1. The number of nitrogens with two attached hydrogens (primary N) is 1. The van der Waals surface area contributed by atoms with Crippen molar-refractivity contribution in [3.8, 4) is 17.6 Å². The topological polar surface area (TPSA) is 104 Å². The molecule has 0 radical (unpaired) electrons. The van der Waals surface area contributed by atoms with Crippen molar-refractivity contribution in [1.29, 1.82) is 5.26 Å². The second-order valence-corrected chi connectivity index (χ2v) is 7.37. The number of nitrogens with zero attached hydrogens (tertiary/aromatic N) is 1. The van der Waals surface area contributed by atoms with Crippen molar-refractivity contribution in [2.24, 2.45) is 5.73 Å². The summed E-state index contributed by atoms with van der Waals surface area (Å²) < 4.78 is 89.1. The summed E-state index contributed by atoms with van der Waals surface area (Å²) in [5.74, 6) is -14.3. The van der Waals surface area contributed by atoms with E-state index in [2.05, 4.69) is 0 Å². The predicted octanol–water partition coefficient (Wildman–Crippen LogP) is 4.61. The lowest BCUT2D eigenvalue weighted by atomic mass is 9.82.